The number of hydrogen-bond donors (Lipinski definition) is 2. The van der Waals surface area contributed by atoms with Gasteiger partial charge in [-0.3, -0.25) is 0 Å². The summed E-state index contributed by atoms with van der Waals surface area (Å²) in [5, 5.41) is 22.8. The molecule has 3 heterocycles. The highest BCUT2D eigenvalue weighted by atomic mass is 16.4. The van der Waals surface area contributed by atoms with Gasteiger partial charge in [0.15, 0.2) is 11.5 Å². The number of nitrogens with one attached hydrogen (secondary N) is 1. The minimum absolute atomic E-state index is 0.203. The Hall–Kier alpha value is -4.45. The Kier molecular flexibility index (Phi) is 5.80. The summed E-state index contributed by atoms with van der Waals surface area (Å²) in [7, 11) is 0. The first-order valence-corrected chi connectivity index (χ1v) is 11.9. The van der Waals surface area contributed by atoms with Gasteiger partial charge in [-0.15, -0.1) is 0 Å². The average Bonchev–Trinajstić information content (AvgIpc) is 3.15. The Morgan fingerprint density at radius 3 is 2.67 bits per heavy atom. The summed E-state index contributed by atoms with van der Waals surface area (Å²) in [6.07, 6.45) is 0. The van der Waals surface area contributed by atoms with Gasteiger partial charge in [-0.05, 0) is 51.5 Å². The molecule has 9 heteroatoms. The highest BCUT2D eigenvalue weighted by molar-refractivity contribution is 5.94. The van der Waals surface area contributed by atoms with Gasteiger partial charge in [0, 0.05) is 30.0 Å². The van der Waals surface area contributed by atoms with Gasteiger partial charge in [-0.25, -0.2) is 19.7 Å². The van der Waals surface area contributed by atoms with E-state index in [1.165, 1.54) is 0 Å². The zero-order valence-corrected chi connectivity index (χ0v) is 20.7. The summed E-state index contributed by atoms with van der Waals surface area (Å²) in [6, 6.07) is 12.8. The van der Waals surface area contributed by atoms with E-state index >= 15 is 0 Å². The molecular weight excluding hydrogens is 454 g/mol. The van der Waals surface area contributed by atoms with Crippen LogP contribution < -0.4 is 10.2 Å². The molecule has 36 heavy (non-hydrogen) atoms. The normalized spacial score (nSPS) is 13.8. The second kappa shape index (κ2) is 8.96. The number of aryl methyl sites for hydroxylation is 2. The number of carbonyl (C=O) groups is 1. The second-order valence-corrected chi connectivity index (χ2v) is 9.22. The van der Waals surface area contributed by atoms with Gasteiger partial charge < -0.3 is 19.9 Å². The molecular formula is C27H27N7O2. The monoisotopic (exact) mass is 481 g/mol. The van der Waals surface area contributed by atoms with Gasteiger partial charge in [-0.2, -0.15) is 5.26 Å². The molecule has 182 valence electrons. The molecule has 0 fully saturated rings. The Labute approximate surface area is 209 Å². The topological polar surface area (TPSA) is 120 Å². The zero-order valence-electron chi connectivity index (χ0n) is 20.7. The highest BCUT2D eigenvalue weighted by Crippen LogP contribution is 2.31. The number of imidazole rings is 1. The Morgan fingerprint density at radius 1 is 1.14 bits per heavy atom. The van der Waals surface area contributed by atoms with Crippen LogP contribution >= 0.6 is 0 Å². The summed E-state index contributed by atoms with van der Waals surface area (Å²) in [6.45, 7) is 10.0. The molecule has 2 N–H and O–H groups in total. The van der Waals surface area contributed by atoms with Crippen LogP contribution in [0.1, 0.15) is 57.4 Å². The molecule has 2 aromatic carbocycles. The number of aromatic nitrogens is 4. The van der Waals surface area contributed by atoms with Gasteiger partial charge in [0.25, 0.3) is 0 Å². The Morgan fingerprint density at radius 2 is 1.92 bits per heavy atom. The van der Waals surface area contributed by atoms with Crippen molar-refractivity contribution in [2.45, 2.75) is 46.8 Å². The van der Waals surface area contributed by atoms with Crippen LogP contribution in [0.5, 0.6) is 0 Å². The van der Waals surface area contributed by atoms with Gasteiger partial charge in [0.05, 0.1) is 34.9 Å². The number of fused-ring (bicyclic) bond motifs is 2. The van der Waals surface area contributed by atoms with Crippen LogP contribution in [-0.4, -0.2) is 37.1 Å². The number of aromatic carboxylic acids is 1. The third kappa shape index (κ3) is 4.01. The van der Waals surface area contributed by atoms with E-state index in [0.717, 1.165) is 34.9 Å². The minimum Gasteiger partial charge on any atom is -0.478 e. The first-order valence-electron chi connectivity index (χ1n) is 11.9. The molecule has 4 aromatic rings. The van der Waals surface area contributed by atoms with Crippen LogP contribution in [0.25, 0.3) is 11.0 Å². The summed E-state index contributed by atoms with van der Waals surface area (Å²) < 4.78 is 2.22. The minimum atomic E-state index is -0.992. The second-order valence-electron chi connectivity index (χ2n) is 9.22. The van der Waals surface area contributed by atoms with Crippen LogP contribution in [-0.2, 0) is 13.1 Å². The smallest absolute Gasteiger partial charge is 0.337 e. The molecule has 1 aliphatic rings. The third-order valence-corrected chi connectivity index (χ3v) is 6.79. The van der Waals surface area contributed by atoms with Crippen molar-refractivity contribution in [3.8, 4) is 6.07 Å². The van der Waals surface area contributed by atoms with E-state index in [-0.39, 0.29) is 17.3 Å². The number of nitriles is 1. The quantitative estimate of drug-likeness (QED) is 0.427. The van der Waals surface area contributed by atoms with Crippen LogP contribution in [0.3, 0.4) is 0 Å². The number of nitrogens with zero attached hydrogens (tertiary/aromatic N) is 6. The molecule has 0 unspecified atom stereocenters. The van der Waals surface area contributed by atoms with Gasteiger partial charge in [0.2, 0.25) is 0 Å². The molecule has 0 aliphatic carbocycles. The molecule has 0 saturated carbocycles. The van der Waals surface area contributed by atoms with Crippen LogP contribution in [0.4, 0.5) is 11.5 Å². The molecule has 9 nitrogen and oxygen atoms in total. The average molecular weight is 482 g/mol. The molecule has 0 saturated heterocycles. The van der Waals surface area contributed by atoms with E-state index in [2.05, 4.69) is 32.8 Å². The van der Waals surface area contributed by atoms with E-state index in [4.69, 9.17) is 9.97 Å². The van der Waals surface area contributed by atoms with Crippen LogP contribution in [0, 0.1) is 32.1 Å². The lowest BCUT2D eigenvalue weighted by Gasteiger charge is -2.30. The van der Waals surface area contributed by atoms with Crippen molar-refractivity contribution in [1.29, 1.82) is 5.26 Å². The van der Waals surface area contributed by atoms with Crippen molar-refractivity contribution in [3.05, 3.63) is 76.0 Å². The van der Waals surface area contributed by atoms with Gasteiger partial charge in [-0.1, -0.05) is 18.2 Å². The van der Waals surface area contributed by atoms with E-state index in [1.807, 2.05) is 32.9 Å². The predicted molar refractivity (Wildman–Crippen MR) is 137 cm³/mol. The SMILES string of the molecule is Cc1cc([C@@H](C)Nc2ccccc2C(=O)O)c2nc(N3CCn4c(nc(C)c4C)C3)c(C#N)nc2c1. The number of carboxylic acid groups (broad SMARTS) is 1. The predicted octanol–water partition coefficient (Wildman–Crippen LogP) is 4.51. The van der Waals surface area contributed by atoms with Crippen molar-refractivity contribution in [1.82, 2.24) is 19.5 Å². The summed E-state index contributed by atoms with van der Waals surface area (Å²) in [5.41, 5.74) is 6.37. The molecule has 0 bridgehead atoms. The fraction of sp³-hybridized carbons (Fsp3) is 0.296. The van der Waals surface area contributed by atoms with Gasteiger partial charge >= 0.3 is 5.97 Å². The van der Waals surface area contributed by atoms with E-state index < -0.39 is 5.97 Å². The lowest BCUT2D eigenvalue weighted by atomic mass is 10.0. The number of hydrogen-bond acceptors (Lipinski definition) is 7. The first kappa shape index (κ1) is 23.3. The maximum atomic E-state index is 11.7. The van der Waals surface area contributed by atoms with Crippen molar-refractivity contribution < 1.29 is 9.90 Å². The first-order chi connectivity index (χ1) is 17.3. The van der Waals surface area contributed by atoms with Crippen LogP contribution in [0.2, 0.25) is 0 Å². The maximum Gasteiger partial charge on any atom is 0.337 e. The maximum absolute atomic E-state index is 11.7. The van der Waals surface area contributed by atoms with Crippen LogP contribution in [0.15, 0.2) is 36.4 Å². The molecule has 1 atom stereocenters. The van der Waals surface area contributed by atoms with E-state index in [0.29, 0.717) is 35.6 Å². The van der Waals surface area contributed by atoms with Crippen molar-refractivity contribution in [2.24, 2.45) is 0 Å². The van der Waals surface area contributed by atoms with E-state index in [9.17, 15) is 15.2 Å². The summed E-state index contributed by atoms with van der Waals surface area (Å²) in [4.78, 5) is 28.1. The summed E-state index contributed by atoms with van der Waals surface area (Å²) >= 11 is 0. The zero-order chi connectivity index (χ0) is 25.6. The lowest BCUT2D eigenvalue weighted by molar-refractivity contribution is 0.0698. The molecule has 0 amide bonds. The number of carboxylic acids is 1. The van der Waals surface area contributed by atoms with Crippen molar-refractivity contribution >= 4 is 28.5 Å². The summed E-state index contributed by atoms with van der Waals surface area (Å²) in [5.74, 6) is 0.498. The number of anilines is 2. The fourth-order valence-electron chi connectivity index (χ4n) is 4.85. The molecule has 1 aliphatic heterocycles. The van der Waals surface area contributed by atoms with Crippen molar-refractivity contribution in [3.63, 3.8) is 0 Å². The largest absolute Gasteiger partial charge is 0.478 e. The highest BCUT2D eigenvalue weighted by Gasteiger charge is 2.25. The van der Waals surface area contributed by atoms with Crippen molar-refractivity contribution in [2.75, 3.05) is 16.8 Å². The number of benzene rings is 2. The Balaban J connectivity index is 1.58. The number of rotatable bonds is 5. The standard InChI is InChI=1S/C27H27N7O2/c1-15-11-20(17(3)29-21-8-6-5-7-19(21)27(35)36)25-22(12-15)31-23(13-28)26(32-25)33-9-10-34-18(4)16(2)30-24(34)14-33/h5-8,11-12,17,29H,9-10,14H2,1-4H3,(H,35,36)/t17-/m1/s1. The number of para-hydroxylation sites is 1. The Bertz CT molecular complexity index is 1550. The molecule has 2 aromatic heterocycles. The molecule has 0 radical (unpaired) electrons. The van der Waals surface area contributed by atoms with Gasteiger partial charge in [0.1, 0.15) is 11.9 Å². The lowest BCUT2D eigenvalue weighted by Crippen LogP contribution is -2.35. The molecule has 0 spiro atoms. The molecule has 5 rings (SSSR count). The van der Waals surface area contributed by atoms with E-state index in [1.54, 1.807) is 24.3 Å². The fourth-order valence-corrected chi connectivity index (χ4v) is 4.85. The third-order valence-electron chi connectivity index (χ3n) is 6.79.